The molecule has 0 bridgehead atoms. The second-order valence-electron chi connectivity index (χ2n) is 4.20. The molecule has 0 fully saturated rings. The highest BCUT2D eigenvalue weighted by atomic mass is 35.7. The topological polar surface area (TPSA) is 105 Å². The number of para-hydroxylation sites is 1. The maximum Gasteiger partial charge on any atom is 0.273 e. The lowest BCUT2D eigenvalue weighted by atomic mass is 10.2. The average Bonchev–Trinajstić information content (AvgIpc) is 2.81. The summed E-state index contributed by atoms with van der Waals surface area (Å²) in [4.78, 5) is 0. The zero-order chi connectivity index (χ0) is 15.5. The lowest BCUT2D eigenvalue weighted by molar-refractivity contribution is -2.00. The van der Waals surface area contributed by atoms with Gasteiger partial charge >= 0.3 is 0 Å². The summed E-state index contributed by atoms with van der Waals surface area (Å²) in [7, 11) is -4.94. The third kappa shape index (κ3) is 4.52. The first-order chi connectivity index (χ1) is 9.90. The van der Waals surface area contributed by atoms with E-state index in [-0.39, 0.29) is 6.23 Å². The molecule has 0 amide bonds. The normalized spacial score (nSPS) is 17.3. The van der Waals surface area contributed by atoms with Crippen LogP contribution in [-0.4, -0.2) is 12.4 Å². The molecule has 1 aromatic carbocycles. The monoisotopic (exact) mass is 331 g/mol. The lowest BCUT2D eigenvalue weighted by Crippen LogP contribution is -2.68. The number of pyridine rings is 1. The van der Waals surface area contributed by atoms with Crippen molar-refractivity contribution in [2.24, 2.45) is 0 Å². The maximum absolute atomic E-state index is 8.49. The second kappa shape index (κ2) is 6.89. The van der Waals surface area contributed by atoms with Gasteiger partial charge in [-0.3, -0.25) is 0 Å². The van der Waals surface area contributed by atoms with Crippen LogP contribution in [0.15, 0.2) is 41.4 Å². The number of fused-ring (bicyclic) bond motifs is 3. The van der Waals surface area contributed by atoms with Gasteiger partial charge in [0.25, 0.3) is 6.23 Å². The van der Waals surface area contributed by atoms with E-state index in [0.29, 0.717) is 0 Å². The molecule has 1 unspecified atom stereocenters. The van der Waals surface area contributed by atoms with E-state index in [2.05, 4.69) is 41.0 Å². The lowest BCUT2D eigenvalue weighted by Gasteiger charge is -2.17. The maximum atomic E-state index is 8.49. The summed E-state index contributed by atoms with van der Waals surface area (Å²) in [5.41, 5.74) is 1.27. The van der Waals surface area contributed by atoms with Gasteiger partial charge in [-0.1, -0.05) is 12.1 Å². The Hall–Kier alpha value is -0.930. The number of hydrogen-bond acceptors (Lipinski definition) is 6. The molecule has 114 valence electrons. The number of nitrogens with zero attached hydrogens (tertiary/aromatic N) is 1. The van der Waals surface area contributed by atoms with Gasteiger partial charge in [-0.2, -0.15) is 4.57 Å². The Labute approximate surface area is 128 Å². The van der Waals surface area contributed by atoms with Crippen molar-refractivity contribution in [2.45, 2.75) is 18.2 Å². The van der Waals surface area contributed by atoms with E-state index < -0.39 is 10.2 Å². The molecule has 21 heavy (non-hydrogen) atoms. The minimum atomic E-state index is -4.94. The molecule has 3 rings (SSSR count). The van der Waals surface area contributed by atoms with Crippen LogP contribution in [0.5, 0.6) is 0 Å². The second-order valence-corrected chi connectivity index (χ2v) is 6.00. The number of aromatic nitrogens is 1. The molecule has 1 atom stereocenters. The minimum Gasteiger partial charge on any atom is -0.320 e. The smallest absolute Gasteiger partial charge is 0.273 e. The van der Waals surface area contributed by atoms with Gasteiger partial charge in [0.05, 0.1) is 12.4 Å². The number of thioether (sulfide) groups is 1. The summed E-state index contributed by atoms with van der Waals surface area (Å²) in [6.45, 7) is 2.81. The van der Waals surface area contributed by atoms with E-state index in [4.69, 9.17) is 23.4 Å². The van der Waals surface area contributed by atoms with Crippen LogP contribution in [-0.2, 0) is 4.74 Å². The van der Waals surface area contributed by atoms with Crippen LogP contribution in [0.4, 0.5) is 0 Å². The van der Waals surface area contributed by atoms with Crippen molar-refractivity contribution >= 4 is 22.7 Å². The minimum absolute atomic E-state index is 0.191. The van der Waals surface area contributed by atoms with E-state index in [1.165, 1.54) is 15.9 Å². The van der Waals surface area contributed by atoms with Gasteiger partial charge in [-0.25, -0.2) is 18.6 Å². The molecule has 6 nitrogen and oxygen atoms in total. The van der Waals surface area contributed by atoms with Crippen molar-refractivity contribution < 1.29 is 38.2 Å². The van der Waals surface area contributed by atoms with Crippen LogP contribution in [0.25, 0.3) is 10.9 Å². The Bertz CT molecular complexity index is 611. The van der Waals surface area contributed by atoms with Crippen LogP contribution < -0.4 is 23.2 Å². The predicted octanol–water partition coefficient (Wildman–Crippen LogP) is -1.99. The summed E-state index contributed by atoms with van der Waals surface area (Å²) >= 11 is 1.87. The SMILES string of the molecule is CCOC1CSc2ccc3ccccc3[n+]21.[O-][Cl+3]([O-])([O-])[O-]. The summed E-state index contributed by atoms with van der Waals surface area (Å²) in [5, 5.41) is 2.58. The van der Waals surface area contributed by atoms with Gasteiger partial charge in [0.1, 0.15) is 0 Å². The summed E-state index contributed by atoms with van der Waals surface area (Å²) < 4.78 is 42.1. The van der Waals surface area contributed by atoms with Crippen LogP contribution in [0.2, 0.25) is 0 Å². The first kappa shape index (κ1) is 16.4. The van der Waals surface area contributed by atoms with Gasteiger partial charge in [0.2, 0.25) is 10.5 Å². The Morgan fingerprint density at radius 2 is 1.86 bits per heavy atom. The van der Waals surface area contributed by atoms with Gasteiger partial charge in [0, 0.05) is 17.5 Å². The molecule has 1 aliphatic rings. The number of ether oxygens (including phenoxy) is 1. The molecule has 2 aromatic rings. The quantitative estimate of drug-likeness (QED) is 0.590. The molecule has 0 aliphatic carbocycles. The number of hydrogen-bond donors (Lipinski definition) is 0. The van der Waals surface area contributed by atoms with E-state index in [9.17, 15) is 0 Å². The number of halogens is 1. The van der Waals surface area contributed by atoms with Crippen molar-refractivity contribution in [1.29, 1.82) is 0 Å². The molecule has 1 aromatic heterocycles. The van der Waals surface area contributed by atoms with E-state index in [0.717, 1.165) is 12.4 Å². The van der Waals surface area contributed by atoms with Crippen LogP contribution in [0.3, 0.4) is 0 Å². The molecule has 0 N–H and O–H groups in total. The molecule has 8 heteroatoms. The average molecular weight is 332 g/mol. The number of benzene rings is 1. The summed E-state index contributed by atoms with van der Waals surface area (Å²) in [5.74, 6) is 1.02. The molecule has 0 saturated heterocycles. The molecule has 0 radical (unpaired) electrons. The van der Waals surface area contributed by atoms with E-state index >= 15 is 0 Å². The fraction of sp³-hybridized carbons (Fsp3) is 0.308. The summed E-state index contributed by atoms with van der Waals surface area (Å²) in [6.07, 6.45) is 0.191. The molecular formula is C13H14ClNO5S. The molecule has 1 aliphatic heterocycles. The highest BCUT2D eigenvalue weighted by Gasteiger charge is 2.33. The first-order valence-corrected chi connectivity index (χ1v) is 8.41. The third-order valence-corrected chi connectivity index (χ3v) is 3.94. The van der Waals surface area contributed by atoms with E-state index in [1.807, 2.05) is 18.7 Å². The van der Waals surface area contributed by atoms with Crippen molar-refractivity contribution in [1.82, 2.24) is 0 Å². The van der Waals surface area contributed by atoms with Crippen molar-refractivity contribution in [3.63, 3.8) is 0 Å². The van der Waals surface area contributed by atoms with Gasteiger partial charge in [-0.15, -0.1) is 10.2 Å². The highest BCUT2D eigenvalue weighted by Crippen LogP contribution is 2.29. The Kier molecular flexibility index (Phi) is 5.39. The highest BCUT2D eigenvalue weighted by molar-refractivity contribution is 7.99. The van der Waals surface area contributed by atoms with Gasteiger partial charge in [0.15, 0.2) is 0 Å². The zero-order valence-corrected chi connectivity index (χ0v) is 12.8. The molecular weight excluding hydrogens is 318 g/mol. The van der Waals surface area contributed by atoms with Crippen LogP contribution in [0.1, 0.15) is 13.2 Å². The Balaban J connectivity index is 0.000000282. The Morgan fingerprint density at radius 3 is 2.52 bits per heavy atom. The largest absolute Gasteiger partial charge is 0.320 e. The van der Waals surface area contributed by atoms with Gasteiger partial charge < -0.3 is 4.74 Å². The fourth-order valence-electron chi connectivity index (χ4n) is 2.17. The predicted molar refractivity (Wildman–Crippen MR) is 65.5 cm³/mol. The van der Waals surface area contributed by atoms with Crippen molar-refractivity contribution in [3.05, 3.63) is 36.4 Å². The Morgan fingerprint density at radius 1 is 1.19 bits per heavy atom. The van der Waals surface area contributed by atoms with Crippen molar-refractivity contribution in [2.75, 3.05) is 12.4 Å². The first-order valence-electron chi connectivity index (χ1n) is 6.19. The van der Waals surface area contributed by atoms with Crippen LogP contribution in [0, 0.1) is 10.2 Å². The zero-order valence-electron chi connectivity index (χ0n) is 11.2. The molecule has 0 spiro atoms. The number of rotatable bonds is 2. The summed E-state index contributed by atoms with van der Waals surface area (Å²) in [6, 6.07) is 12.8. The van der Waals surface area contributed by atoms with Crippen molar-refractivity contribution in [3.8, 4) is 0 Å². The fourth-order valence-corrected chi connectivity index (χ4v) is 3.25. The molecule has 0 saturated carbocycles. The standard InChI is InChI=1S/C13H14NOS.ClHO4/c1-2-15-12-9-16-13-8-7-10-5-3-4-6-11(10)14(12)13;2-1(3,4)5/h3-8,12H,2,9H2,1H3;(H,2,3,4,5)/q+1;/p-1. The molecule has 2 heterocycles. The van der Waals surface area contributed by atoms with Crippen LogP contribution >= 0.6 is 11.8 Å². The van der Waals surface area contributed by atoms with E-state index in [1.54, 1.807) is 0 Å². The third-order valence-electron chi connectivity index (χ3n) is 2.86. The van der Waals surface area contributed by atoms with Gasteiger partial charge in [-0.05, 0) is 30.8 Å².